The number of rotatable bonds is 6. The fraction of sp³-hybridized carbons (Fsp3) is 0.182. The largest absolute Gasteiger partial charge is 0.465 e. The van der Waals surface area contributed by atoms with Crippen LogP contribution in [-0.2, 0) is 9.53 Å². The highest BCUT2D eigenvalue weighted by atomic mass is 32.2. The predicted molar refractivity (Wildman–Crippen MR) is 114 cm³/mol. The Kier molecular flexibility index (Phi) is 6.61. The molecule has 0 bridgehead atoms. The molecule has 1 atom stereocenters. The maximum atomic E-state index is 12.6. The number of hydrogen-bond acceptors (Lipinski definition) is 6. The minimum atomic E-state index is -0.451. The van der Waals surface area contributed by atoms with Crippen molar-refractivity contribution in [3.8, 4) is 11.3 Å². The van der Waals surface area contributed by atoms with Crippen LogP contribution in [0.5, 0.6) is 0 Å². The van der Waals surface area contributed by atoms with E-state index in [0.717, 1.165) is 16.3 Å². The lowest BCUT2D eigenvalue weighted by Crippen LogP contribution is -2.22. The summed E-state index contributed by atoms with van der Waals surface area (Å²) in [5.74, 6) is 0.00945. The summed E-state index contributed by atoms with van der Waals surface area (Å²) < 4.78 is 4.71. The molecule has 1 unspecified atom stereocenters. The summed E-state index contributed by atoms with van der Waals surface area (Å²) in [6.45, 7) is 3.64. The quantitative estimate of drug-likeness (QED) is 0.371. The summed E-state index contributed by atoms with van der Waals surface area (Å²) in [5.41, 5.74) is 2.73. The van der Waals surface area contributed by atoms with Crippen molar-refractivity contribution in [2.24, 2.45) is 0 Å². The third kappa shape index (κ3) is 5.42. The van der Waals surface area contributed by atoms with E-state index in [9.17, 15) is 9.59 Å². The third-order valence-corrected chi connectivity index (χ3v) is 5.12. The lowest BCUT2D eigenvalue weighted by molar-refractivity contribution is -0.115. The van der Waals surface area contributed by atoms with Gasteiger partial charge in [-0.15, -0.1) is 0 Å². The number of amides is 1. The topological polar surface area (TPSA) is 81.2 Å². The van der Waals surface area contributed by atoms with E-state index in [1.54, 1.807) is 24.3 Å². The number of nitrogens with zero attached hydrogens (tertiary/aromatic N) is 2. The van der Waals surface area contributed by atoms with Crippen molar-refractivity contribution in [2.75, 3.05) is 12.4 Å². The molecule has 0 saturated heterocycles. The minimum Gasteiger partial charge on any atom is -0.465 e. The molecule has 0 aliphatic heterocycles. The van der Waals surface area contributed by atoms with Crippen LogP contribution in [-0.4, -0.2) is 34.2 Å². The Balaban J connectivity index is 1.72. The summed E-state index contributed by atoms with van der Waals surface area (Å²) in [5, 5.41) is 3.16. The molecule has 2 aromatic carbocycles. The van der Waals surface area contributed by atoms with E-state index in [1.807, 2.05) is 50.2 Å². The van der Waals surface area contributed by atoms with E-state index in [-0.39, 0.29) is 5.91 Å². The Bertz CT molecular complexity index is 1020. The molecule has 1 amide bonds. The third-order valence-electron chi connectivity index (χ3n) is 4.10. The summed E-state index contributed by atoms with van der Waals surface area (Å²) in [6, 6.07) is 18.4. The van der Waals surface area contributed by atoms with Crippen molar-refractivity contribution in [1.82, 2.24) is 9.97 Å². The lowest BCUT2D eigenvalue weighted by Gasteiger charge is -2.13. The zero-order valence-corrected chi connectivity index (χ0v) is 17.2. The zero-order chi connectivity index (χ0) is 20.8. The van der Waals surface area contributed by atoms with Gasteiger partial charge in [0.1, 0.15) is 10.9 Å². The summed E-state index contributed by atoms with van der Waals surface area (Å²) in [6.07, 6.45) is 0. The number of hydrogen-bond donors (Lipinski definition) is 1. The van der Waals surface area contributed by atoms with Crippen LogP contribution in [0.25, 0.3) is 11.3 Å². The van der Waals surface area contributed by atoms with Crippen LogP contribution in [0.3, 0.4) is 0 Å². The number of nitrogens with one attached hydrogen (secondary N) is 1. The van der Waals surface area contributed by atoms with Gasteiger partial charge in [0.15, 0.2) is 0 Å². The van der Waals surface area contributed by atoms with Crippen molar-refractivity contribution >= 4 is 29.3 Å². The maximum absolute atomic E-state index is 12.6. The Hall–Kier alpha value is -3.19. The second-order valence-electron chi connectivity index (χ2n) is 6.33. The monoisotopic (exact) mass is 407 g/mol. The Morgan fingerprint density at radius 3 is 2.52 bits per heavy atom. The van der Waals surface area contributed by atoms with Gasteiger partial charge in [0, 0.05) is 11.3 Å². The molecule has 29 heavy (non-hydrogen) atoms. The van der Waals surface area contributed by atoms with Crippen LogP contribution in [0.2, 0.25) is 0 Å². The Morgan fingerprint density at radius 2 is 1.79 bits per heavy atom. The van der Waals surface area contributed by atoms with Crippen LogP contribution >= 0.6 is 11.8 Å². The molecule has 148 valence electrons. The summed E-state index contributed by atoms with van der Waals surface area (Å²) in [7, 11) is 1.32. The van der Waals surface area contributed by atoms with E-state index in [4.69, 9.17) is 4.74 Å². The van der Waals surface area contributed by atoms with Gasteiger partial charge in [0.05, 0.1) is 23.6 Å². The zero-order valence-electron chi connectivity index (χ0n) is 16.4. The highest BCUT2D eigenvalue weighted by Gasteiger charge is 2.17. The second-order valence-corrected chi connectivity index (χ2v) is 7.69. The van der Waals surface area contributed by atoms with Gasteiger partial charge >= 0.3 is 5.97 Å². The van der Waals surface area contributed by atoms with Gasteiger partial charge in [-0.3, -0.25) is 4.79 Å². The number of carbonyl (C=O) groups is 2. The minimum absolute atomic E-state index is 0.186. The van der Waals surface area contributed by atoms with Crippen LogP contribution in [0.4, 0.5) is 5.69 Å². The molecular formula is C22H21N3O3S. The van der Waals surface area contributed by atoms with E-state index in [1.165, 1.54) is 18.9 Å². The van der Waals surface area contributed by atoms with Gasteiger partial charge in [0.25, 0.3) is 0 Å². The molecule has 1 N–H and O–H groups in total. The van der Waals surface area contributed by atoms with Gasteiger partial charge in [0.2, 0.25) is 5.91 Å². The van der Waals surface area contributed by atoms with E-state index >= 15 is 0 Å². The summed E-state index contributed by atoms with van der Waals surface area (Å²) in [4.78, 5) is 33.2. The Labute approximate surface area is 173 Å². The number of aromatic nitrogens is 2. The molecule has 1 aromatic heterocycles. The fourth-order valence-electron chi connectivity index (χ4n) is 2.68. The smallest absolute Gasteiger partial charge is 0.337 e. The van der Waals surface area contributed by atoms with E-state index in [2.05, 4.69) is 15.3 Å². The number of aryl methyl sites for hydroxylation is 1. The average Bonchev–Trinajstić information content (AvgIpc) is 2.73. The standard InChI is InChI=1S/C22H21N3O3S/c1-14(21(26)25-18-11-7-10-17(12-18)22(27)28-3)29-20-13-19(23-15(2)24-20)16-8-5-4-6-9-16/h4-14H,1-3H3,(H,25,26). The normalized spacial score (nSPS) is 11.6. The Morgan fingerprint density at radius 1 is 1.03 bits per heavy atom. The van der Waals surface area contributed by atoms with Gasteiger partial charge in [-0.2, -0.15) is 0 Å². The van der Waals surface area contributed by atoms with Gasteiger partial charge in [-0.25, -0.2) is 14.8 Å². The summed E-state index contributed by atoms with van der Waals surface area (Å²) >= 11 is 1.35. The number of methoxy groups -OCH3 is 1. The van der Waals surface area contributed by atoms with Crippen LogP contribution < -0.4 is 5.32 Å². The van der Waals surface area contributed by atoms with Gasteiger partial charge in [-0.1, -0.05) is 48.2 Å². The molecule has 1 heterocycles. The molecule has 6 nitrogen and oxygen atoms in total. The maximum Gasteiger partial charge on any atom is 0.337 e. The first-order valence-electron chi connectivity index (χ1n) is 9.03. The number of anilines is 1. The van der Waals surface area contributed by atoms with Crippen LogP contribution in [0.15, 0.2) is 65.7 Å². The van der Waals surface area contributed by atoms with E-state index in [0.29, 0.717) is 17.1 Å². The highest BCUT2D eigenvalue weighted by molar-refractivity contribution is 8.00. The molecule has 7 heteroatoms. The van der Waals surface area contributed by atoms with Crippen LogP contribution in [0, 0.1) is 6.92 Å². The van der Waals surface area contributed by atoms with Crippen LogP contribution in [0.1, 0.15) is 23.1 Å². The van der Waals surface area contributed by atoms with Gasteiger partial charge < -0.3 is 10.1 Å². The molecule has 0 radical (unpaired) electrons. The first-order chi connectivity index (χ1) is 14.0. The predicted octanol–water partition coefficient (Wildman–Crippen LogP) is 4.36. The number of thioether (sulfide) groups is 1. The molecule has 0 saturated carbocycles. The van der Waals surface area contributed by atoms with E-state index < -0.39 is 11.2 Å². The SMILES string of the molecule is COC(=O)c1cccc(NC(=O)C(C)Sc2cc(-c3ccccc3)nc(C)n2)c1. The molecular weight excluding hydrogens is 386 g/mol. The molecule has 3 aromatic rings. The number of carbonyl (C=O) groups excluding carboxylic acids is 2. The van der Waals surface area contributed by atoms with Crippen molar-refractivity contribution in [3.63, 3.8) is 0 Å². The molecule has 0 aliphatic carbocycles. The molecule has 0 spiro atoms. The first-order valence-corrected chi connectivity index (χ1v) is 9.91. The van der Waals surface area contributed by atoms with Crippen molar-refractivity contribution in [2.45, 2.75) is 24.1 Å². The first kappa shape index (κ1) is 20.5. The fourth-order valence-corrected chi connectivity index (χ4v) is 3.57. The number of ether oxygens (including phenoxy) is 1. The van der Waals surface area contributed by atoms with Crippen molar-refractivity contribution < 1.29 is 14.3 Å². The lowest BCUT2D eigenvalue weighted by atomic mass is 10.1. The molecule has 3 rings (SSSR count). The van der Waals surface area contributed by atoms with Crippen molar-refractivity contribution in [1.29, 1.82) is 0 Å². The molecule has 0 fully saturated rings. The van der Waals surface area contributed by atoms with Crippen molar-refractivity contribution in [3.05, 3.63) is 72.1 Å². The highest BCUT2D eigenvalue weighted by Crippen LogP contribution is 2.26. The number of benzene rings is 2. The number of esters is 1. The second kappa shape index (κ2) is 9.34. The van der Waals surface area contributed by atoms with Gasteiger partial charge in [-0.05, 0) is 38.1 Å². The average molecular weight is 407 g/mol. The molecule has 0 aliphatic rings.